The zero-order chi connectivity index (χ0) is 14.7. The maximum Gasteiger partial charge on any atom is 0.245 e. The summed E-state index contributed by atoms with van der Waals surface area (Å²) in [7, 11) is -5.67. The van der Waals surface area contributed by atoms with E-state index in [-0.39, 0.29) is 30.3 Å². The summed E-state index contributed by atoms with van der Waals surface area (Å²) in [5.41, 5.74) is 0. The molecular formula is C9H17N3O5S2. The molecule has 8 nitrogen and oxygen atoms in total. The number of hydrogen-bond donors (Lipinski definition) is 1. The lowest BCUT2D eigenvalue weighted by Gasteiger charge is -2.15. The van der Waals surface area contributed by atoms with Crippen LogP contribution < -0.4 is 0 Å². The van der Waals surface area contributed by atoms with Crippen molar-refractivity contribution in [2.45, 2.75) is 11.4 Å². The largest absolute Gasteiger partial charge is 0.394 e. The highest BCUT2D eigenvalue weighted by Gasteiger charge is 2.23. The van der Waals surface area contributed by atoms with Gasteiger partial charge >= 0.3 is 0 Å². The highest BCUT2D eigenvalue weighted by molar-refractivity contribution is 7.91. The normalized spacial score (nSPS) is 13.1. The van der Waals surface area contributed by atoms with Gasteiger partial charge in [0.25, 0.3) is 0 Å². The van der Waals surface area contributed by atoms with E-state index in [0.717, 1.165) is 10.6 Å². The van der Waals surface area contributed by atoms with Crippen LogP contribution in [0.15, 0.2) is 17.3 Å². The Morgan fingerprint density at radius 1 is 1.37 bits per heavy atom. The second-order valence-corrected chi connectivity index (χ2v) is 8.42. The Morgan fingerprint density at radius 3 is 2.53 bits per heavy atom. The second-order valence-electron chi connectivity index (χ2n) is 4.12. The number of sulfonamides is 1. The van der Waals surface area contributed by atoms with Crippen molar-refractivity contribution in [1.82, 2.24) is 14.1 Å². The Balaban J connectivity index is 2.84. The predicted molar refractivity (Wildman–Crippen MR) is 68.8 cm³/mol. The summed E-state index contributed by atoms with van der Waals surface area (Å²) in [6, 6.07) is 0. The molecule has 0 atom stereocenters. The molecule has 1 N–H and O–H groups in total. The fraction of sp³-hybridized carbons (Fsp3) is 0.667. The van der Waals surface area contributed by atoms with Crippen LogP contribution >= 0.6 is 0 Å². The summed E-state index contributed by atoms with van der Waals surface area (Å²) >= 11 is 0. The van der Waals surface area contributed by atoms with E-state index in [2.05, 4.69) is 5.10 Å². The maximum atomic E-state index is 12.1. The number of sulfone groups is 1. The summed E-state index contributed by atoms with van der Waals surface area (Å²) in [5, 5.41) is 12.5. The molecule has 1 aromatic heterocycles. The van der Waals surface area contributed by atoms with Gasteiger partial charge in [-0.3, -0.25) is 4.68 Å². The quantitative estimate of drug-likeness (QED) is 0.659. The first kappa shape index (κ1) is 16.1. The van der Waals surface area contributed by atoms with E-state index in [0.29, 0.717) is 0 Å². The van der Waals surface area contributed by atoms with Crippen molar-refractivity contribution in [2.24, 2.45) is 0 Å². The molecule has 0 aromatic carbocycles. The number of rotatable bonds is 7. The van der Waals surface area contributed by atoms with Gasteiger partial charge < -0.3 is 5.11 Å². The van der Waals surface area contributed by atoms with E-state index in [1.165, 1.54) is 24.1 Å². The monoisotopic (exact) mass is 311 g/mol. The van der Waals surface area contributed by atoms with Gasteiger partial charge in [0.05, 0.1) is 25.1 Å². The van der Waals surface area contributed by atoms with E-state index in [4.69, 9.17) is 5.11 Å². The number of aliphatic hydroxyl groups excluding tert-OH is 1. The Kier molecular flexibility index (Phi) is 5.07. The van der Waals surface area contributed by atoms with Crippen molar-refractivity contribution in [3.05, 3.63) is 12.4 Å². The van der Waals surface area contributed by atoms with Gasteiger partial charge in [0.1, 0.15) is 14.7 Å². The van der Waals surface area contributed by atoms with Gasteiger partial charge in [-0.25, -0.2) is 16.8 Å². The van der Waals surface area contributed by atoms with Crippen molar-refractivity contribution in [3.63, 3.8) is 0 Å². The van der Waals surface area contributed by atoms with Crippen LogP contribution in [0.25, 0.3) is 0 Å². The highest BCUT2D eigenvalue weighted by atomic mass is 32.2. The molecule has 1 aromatic rings. The smallest absolute Gasteiger partial charge is 0.245 e. The summed E-state index contributed by atoms with van der Waals surface area (Å²) in [4.78, 5) is -0.0306. The average molecular weight is 311 g/mol. The molecule has 0 aliphatic rings. The van der Waals surface area contributed by atoms with Crippen molar-refractivity contribution in [2.75, 3.05) is 32.2 Å². The molecule has 0 amide bonds. The van der Waals surface area contributed by atoms with Crippen LogP contribution in [-0.4, -0.2) is 68.2 Å². The number of nitrogens with zero attached hydrogens (tertiary/aromatic N) is 3. The van der Waals surface area contributed by atoms with Crippen LogP contribution in [0.2, 0.25) is 0 Å². The third kappa shape index (κ3) is 4.56. The molecule has 0 bridgehead atoms. The molecule has 0 fully saturated rings. The Morgan fingerprint density at radius 2 is 2.00 bits per heavy atom. The molecule has 19 heavy (non-hydrogen) atoms. The van der Waals surface area contributed by atoms with Crippen LogP contribution in [0, 0.1) is 0 Å². The van der Waals surface area contributed by atoms with Crippen molar-refractivity contribution >= 4 is 19.9 Å². The van der Waals surface area contributed by atoms with Crippen LogP contribution in [0.4, 0.5) is 0 Å². The Bertz CT molecular complexity index is 620. The van der Waals surface area contributed by atoms with Gasteiger partial charge in [-0.15, -0.1) is 0 Å². The zero-order valence-corrected chi connectivity index (χ0v) is 12.4. The molecule has 0 spiro atoms. The Labute approximate surface area is 112 Å². The van der Waals surface area contributed by atoms with Gasteiger partial charge in [-0.05, 0) is 0 Å². The number of aromatic nitrogens is 2. The third-order valence-corrected chi connectivity index (χ3v) is 5.16. The molecule has 1 rings (SSSR count). The predicted octanol–water partition coefficient (Wildman–Crippen LogP) is -1.46. The first-order valence-corrected chi connectivity index (χ1v) is 8.94. The first-order valence-electron chi connectivity index (χ1n) is 5.44. The summed E-state index contributed by atoms with van der Waals surface area (Å²) < 4.78 is 48.5. The minimum absolute atomic E-state index is 0.0306. The van der Waals surface area contributed by atoms with E-state index < -0.39 is 19.9 Å². The van der Waals surface area contributed by atoms with Gasteiger partial charge in [0, 0.05) is 26.0 Å². The molecule has 0 unspecified atom stereocenters. The fourth-order valence-corrected chi connectivity index (χ4v) is 3.14. The molecule has 0 aliphatic carbocycles. The minimum Gasteiger partial charge on any atom is -0.394 e. The standard InChI is InChI=1S/C9H17N3O5S2/c1-11(4-6-18(2,14)15)19(16,17)9-7-10-12(8-9)3-5-13/h7-8,13H,3-6H2,1-2H3. The van der Waals surface area contributed by atoms with Gasteiger partial charge in [-0.1, -0.05) is 0 Å². The summed E-state index contributed by atoms with van der Waals surface area (Å²) in [6.45, 7) is -0.0694. The van der Waals surface area contributed by atoms with Crippen molar-refractivity contribution < 1.29 is 21.9 Å². The molecule has 0 aliphatic heterocycles. The van der Waals surface area contributed by atoms with Crippen molar-refractivity contribution in [3.8, 4) is 0 Å². The van der Waals surface area contributed by atoms with Crippen LogP contribution in [-0.2, 0) is 26.4 Å². The molecule has 0 radical (unpaired) electrons. The molecule has 1 heterocycles. The molecule has 0 saturated heterocycles. The first-order chi connectivity index (χ1) is 8.66. The molecular weight excluding hydrogens is 294 g/mol. The third-order valence-electron chi connectivity index (χ3n) is 2.42. The second kappa shape index (κ2) is 5.99. The lowest BCUT2D eigenvalue weighted by atomic mass is 10.7. The van der Waals surface area contributed by atoms with Crippen LogP contribution in [0.1, 0.15) is 0 Å². The van der Waals surface area contributed by atoms with Crippen LogP contribution in [0.5, 0.6) is 0 Å². The maximum absolute atomic E-state index is 12.1. The van der Waals surface area contributed by atoms with Gasteiger partial charge in [0.15, 0.2) is 0 Å². The molecule has 0 saturated carbocycles. The van der Waals surface area contributed by atoms with Gasteiger partial charge in [-0.2, -0.15) is 9.40 Å². The van der Waals surface area contributed by atoms with Gasteiger partial charge in [0.2, 0.25) is 10.0 Å². The molecule has 110 valence electrons. The van der Waals surface area contributed by atoms with E-state index in [1.54, 1.807) is 0 Å². The van der Waals surface area contributed by atoms with E-state index in [9.17, 15) is 16.8 Å². The lowest BCUT2D eigenvalue weighted by molar-refractivity contribution is 0.269. The lowest BCUT2D eigenvalue weighted by Crippen LogP contribution is -2.31. The Hall–Kier alpha value is -0.970. The summed E-state index contributed by atoms with van der Waals surface area (Å²) in [6.07, 6.45) is 3.51. The topological polar surface area (TPSA) is 110 Å². The number of aliphatic hydroxyl groups is 1. The minimum atomic E-state index is -3.75. The van der Waals surface area contributed by atoms with E-state index in [1.807, 2.05) is 0 Å². The SMILES string of the molecule is CN(CCS(C)(=O)=O)S(=O)(=O)c1cnn(CCO)c1. The fourth-order valence-electron chi connectivity index (χ4n) is 1.30. The summed E-state index contributed by atoms with van der Waals surface area (Å²) in [5.74, 6) is -0.243. The zero-order valence-electron chi connectivity index (χ0n) is 10.7. The number of hydrogen-bond acceptors (Lipinski definition) is 6. The average Bonchev–Trinajstić information content (AvgIpc) is 2.74. The highest BCUT2D eigenvalue weighted by Crippen LogP contribution is 2.13. The van der Waals surface area contributed by atoms with Crippen LogP contribution in [0.3, 0.4) is 0 Å². The van der Waals surface area contributed by atoms with E-state index >= 15 is 0 Å². The molecule has 10 heteroatoms. The van der Waals surface area contributed by atoms with Crippen molar-refractivity contribution in [1.29, 1.82) is 0 Å².